The van der Waals surface area contributed by atoms with Crippen molar-refractivity contribution in [3.8, 4) is 0 Å². The van der Waals surface area contributed by atoms with Crippen molar-refractivity contribution in [2.75, 3.05) is 39.3 Å². The zero-order chi connectivity index (χ0) is 13.5. The van der Waals surface area contributed by atoms with Gasteiger partial charge in [-0.1, -0.05) is 0 Å². The van der Waals surface area contributed by atoms with Crippen molar-refractivity contribution in [3.05, 3.63) is 0 Å². The van der Waals surface area contributed by atoms with Gasteiger partial charge in [0.05, 0.1) is 18.8 Å². The lowest BCUT2D eigenvalue weighted by atomic mass is 10.3. The Morgan fingerprint density at radius 1 is 1.28 bits per heavy atom. The molecule has 0 aromatic rings. The van der Waals surface area contributed by atoms with Crippen molar-refractivity contribution in [1.29, 1.82) is 0 Å². The molecule has 1 saturated heterocycles. The van der Waals surface area contributed by atoms with Gasteiger partial charge in [0.2, 0.25) is 5.91 Å². The van der Waals surface area contributed by atoms with Gasteiger partial charge in [-0.15, -0.1) is 0 Å². The van der Waals surface area contributed by atoms with Crippen LogP contribution in [0.4, 0.5) is 0 Å². The van der Waals surface area contributed by atoms with Crippen LogP contribution in [-0.4, -0.2) is 72.4 Å². The molecule has 1 rings (SSSR count). The normalized spacial score (nSPS) is 19.9. The second-order valence-corrected chi connectivity index (χ2v) is 5.20. The maximum Gasteiger partial charge on any atom is 0.219 e. The van der Waals surface area contributed by atoms with Gasteiger partial charge in [-0.25, -0.2) is 0 Å². The van der Waals surface area contributed by atoms with E-state index in [2.05, 4.69) is 4.90 Å². The highest BCUT2D eigenvalue weighted by Crippen LogP contribution is 2.05. The van der Waals surface area contributed by atoms with Crippen LogP contribution in [0.15, 0.2) is 0 Å². The molecule has 0 radical (unpaired) electrons. The number of amides is 1. The molecular formula is C13H26N2O3. The first-order chi connectivity index (χ1) is 8.49. The summed E-state index contributed by atoms with van der Waals surface area (Å²) in [5.74, 6) is 0.139. The molecule has 18 heavy (non-hydrogen) atoms. The molecule has 0 saturated carbocycles. The molecule has 1 aliphatic heterocycles. The lowest BCUT2D eigenvalue weighted by molar-refractivity contribution is -0.128. The van der Waals surface area contributed by atoms with Crippen molar-refractivity contribution in [2.45, 2.75) is 39.4 Å². The fourth-order valence-corrected chi connectivity index (χ4v) is 2.12. The molecule has 0 bridgehead atoms. The summed E-state index contributed by atoms with van der Waals surface area (Å²) in [5.41, 5.74) is 0. The molecule has 0 aromatic carbocycles. The molecule has 1 fully saturated rings. The van der Waals surface area contributed by atoms with Crippen LogP contribution in [0.5, 0.6) is 0 Å². The summed E-state index contributed by atoms with van der Waals surface area (Å²) >= 11 is 0. The van der Waals surface area contributed by atoms with Crippen LogP contribution in [0.1, 0.15) is 27.2 Å². The summed E-state index contributed by atoms with van der Waals surface area (Å²) in [6, 6.07) is 0. The zero-order valence-electron chi connectivity index (χ0n) is 11.8. The van der Waals surface area contributed by atoms with E-state index in [1.165, 1.54) is 0 Å². The molecule has 0 spiro atoms. The second kappa shape index (κ2) is 7.71. The van der Waals surface area contributed by atoms with Crippen molar-refractivity contribution in [2.24, 2.45) is 0 Å². The highest BCUT2D eigenvalue weighted by Gasteiger charge is 2.18. The molecule has 1 aliphatic rings. The highest BCUT2D eigenvalue weighted by atomic mass is 16.5. The van der Waals surface area contributed by atoms with E-state index in [9.17, 15) is 9.90 Å². The lowest BCUT2D eigenvalue weighted by Crippen LogP contribution is -2.38. The van der Waals surface area contributed by atoms with Crippen molar-refractivity contribution >= 4 is 5.91 Å². The van der Waals surface area contributed by atoms with Gasteiger partial charge in [-0.2, -0.15) is 0 Å². The molecule has 0 unspecified atom stereocenters. The van der Waals surface area contributed by atoms with Gasteiger partial charge in [0, 0.05) is 33.1 Å². The van der Waals surface area contributed by atoms with Crippen molar-refractivity contribution < 1.29 is 14.6 Å². The third-order valence-corrected chi connectivity index (χ3v) is 3.12. The maximum absolute atomic E-state index is 11.3. The highest BCUT2D eigenvalue weighted by molar-refractivity contribution is 5.73. The third-order valence-electron chi connectivity index (χ3n) is 3.12. The average Bonchev–Trinajstić information content (AvgIpc) is 2.52. The Morgan fingerprint density at radius 2 is 2.00 bits per heavy atom. The van der Waals surface area contributed by atoms with Gasteiger partial charge in [0.25, 0.3) is 0 Å². The first-order valence-electron chi connectivity index (χ1n) is 6.76. The minimum Gasteiger partial charge on any atom is -0.389 e. The SMILES string of the molecule is CC(=O)N1CCCN(C[C@@H](O)COC(C)C)CC1. The smallest absolute Gasteiger partial charge is 0.219 e. The molecular weight excluding hydrogens is 232 g/mol. The molecule has 1 amide bonds. The summed E-state index contributed by atoms with van der Waals surface area (Å²) in [7, 11) is 0. The van der Waals surface area contributed by atoms with Crippen LogP contribution in [0.3, 0.4) is 0 Å². The number of nitrogens with zero attached hydrogens (tertiary/aromatic N) is 2. The molecule has 0 aliphatic carbocycles. The minimum absolute atomic E-state index is 0.139. The van der Waals surface area contributed by atoms with Gasteiger partial charge in [-0.05, 0) is 26.8 Å². The number of carbonyl (C=O) groups excluding carboxylic acids is 1. The molecule has 106 valence electrons. The van der Waals surface area contributed by atoms with Gasteiger partial charge in [0.15, 0.2) is 0 Å². The Bertz CT molecular complexity index is 259. The van der Waals surface area contributed by atoms with E-state index in [-0.39, 0.29) is 12.0 Å². The maximum atomic E-state index is 11.3. The second-order valence-electron chi connectivity index (χ2n) is 5.20. The fourth-order valence-electron chi connectivity index (χ4n) is 2.12. The van der Waals surface area contributed by atoms with Crippen LogP contribution in [-0.2, 0) is 9.53 Å². The standard InChI is InChI=1S/C13H26N2O3/c1-11(2)18-10-13(17)9-14-5-4-6-15(8-7-14)12(3)16/h11,13,17H,4-10H2,1-3H3/t13-/m1/s1. The predicted octanol–water partition coefficient (Wildman–Crippen LogP) is 0.327. The van der Waals surface area contributed by atoms with Crippen LogP contribution in [0.25, 0.3) is 0 Å². The van der Waals surface area contributed by atoms with Crippen LogP contribution in [0, 0.1) is 0 Å². The monoisotopic (exact) mass is 258 g/mol. The average molecular weight is 258 g/mol. The lowest BCUT2D eigenvalue weighted by Gasteiger charge is -2.24. The molecule has 1 N–H and O–H groups in total. The predicted molar refractivity (Wildman–Crippen MR) is 70.4 cm³/mol. The van der Waals surface area contributed by atoms with Gasteiger partial charge in [0.1, 0.15) is 0 Å². The quantitative estimate of drug-likeness (QED) is 0.772. The Hall–Kier alpha value is -0.650. The number of ether oxygens (including phenoxy) is 1. The molecule has 5 nitrogen and oxygen atoms in total. The number of hydrogen-bond donors (Lipinski definition) is 1. The van der Waals surface area contributed by atoms with E-state index in [4.69, 9.17) is 4.74 Å². The van der Waals surface area contributed by atoms with Crippen LogP contribution < -0.4 is 0 Å². The summed E-state index contributed by atoms with van der Waals surface area (Å²) in [6.07, 6.45) is 0.672. The Kier molecular flexibility index (Phi) is 6.60. The number of aliphatic hydroxyl groups excluding tert-OH is 1. The van der Waals surface area contributed by atoms with Gasteiger partial charge >= 0.3 is 0 Å². The topological polar surface area (TPSA) is 53.0 Å². The van der Waals surface area contributed by atoms with Crippen molar-refractivity contribution in [3.63, 3.8) is 0 Å². The van der Waals surface area contributed by atoms with Gasteiger partial charge < -0.3 is 14.7 Å². The summed E-state index contributed by atoms with van der Waals surface area (Å²) in [4.78, 5) is 15.4. The molecule has 0 aromatic heterocycles. The molecule has 5 heteroatoms. The summed E-state index contributed by atoms with van der Waals surface area (Å²) in [6.45, 7) is 9.88. The number of carbonyl (C=O) groups is 1. The number of rotatable bonds is 5. The third kappa shape index (κ3) is 5.80. The zero-order valence-corrected chi connectivity index (χ0v) is 11.8. The largest absolute Gasteiger partial charge is 0.389 e. The first-order valence-corrected chi connectivity index (χ1v) is 6.76. The summed E-state index contributed by atoms with van der Waals surface area (Å²) in [5, 5.41) is 9.87. The fraction of sp³-hybridized carbons (Fsp3) is 0.923. The number of hydrogen-bond acceptors (Lipinski definition) is 4. The van der Waals surface area contributed by atoms with E-state index in [1.54, 1.807) is 6.92 Å². The van der Waals surface area contributed by atoms with Crippen molar-refractivity contribution in [1.82, 2.24) is 9.80 Å². The van der Waals surface area contributed by atoms with Gasteiger partial charge in [-0.3, -0.25) is 9.69 Å². The Morgan fingerprint density at radius 3 is 2.61 bits per heavy atom. The first kappa shape index (κ1) is 15.4. The number of β-amino-alcohol motifs (C(OH)–C–C–N with tert-alkyl or cyclic N) is 1. The van der Waals surface area contributed by atoms with E-state index in [0.29, 0.717) is 13.2 Å². The van der Waals surface area contributed by atoms with Crippen LogP contribution >= 0.6 is 0 Å². The Labute approximate surface area is 110 Å². The molecule has 1 atom stereocenters. The van der Waals surface area contributed by atoms with E-state index in [0.717, 1.165) is 32.6 Å². The van der Waals surface area contributed by atoms with E-state index >= 15 is 0 Å². The minimum atomic E-state index is -0.448. The van der Waals surface area contributed by atoms with E-state index in [1.807, 2.05) is 18.7 Å². The summed E-state index contributed by atoms with van der Waals surface area (Å²) < 4.78 is 5.39. The van der Waals surface area contributed by atoms with E-state index < -0.39 is 6.10 Å². The molecule has 1 heterocycles. The number of aliphatic hydroxyl groups is 1. The van der Waals surface area contributed by atoms with Crippen LogP contribution in [0.2, 0.25) is 0 Å². The Balaban J connectivity index is 2.28.